The van der Waals surface area contributed by atoms with E-state index in [1.165, 1.54) is 61.2 Å². The number of likely N-dealkylation sites (tertiary alicyclic amines) is 2. The van der Waals surface area contributed by atoms with Crippen molar-refractivity contribution in [3.63, 3.8) is 0 Å². The molecule has 372 valence electrons. The molecule has 14 nitrogen and oxygen atoms in total. The Bertz CT molecular complexity index is 2840. The number of ether oxygens (including phenoxy) is 2. The summed E-state index contributed by atoms with van der Waals surface area (Å²) in [6.45, 7) is 5.32. The maximum Gasteiger partial charge on any atom is 0.187 e. The predicted octanol–water partition coefficient (Wildman–Crippen LogP) is 8.40. The third kappa shape index (κ3) is 10.9. The lowest BCUT2D eigenvalue weighted by Gasteiger charge is -2.47. The van der Waals surface area contributed by atoms with Gasteiger partial charge in [-0.25, -0.2) is 44.4 Å². The van der Waals surface area contributed by atoms with Crippen LogP contribution in [0.2, 0.25) is 0 Å². The minimum atomic E-state index is -3.99. The first-order valence-corrected chi connectivity index (χ1v) is 27.5. The van der Waals surface area contributed by atoms with Crippen molar-refractivity contribution in [2.24, 2.45) is 0 Å². The van der Waals surface area contributed by atoms with Gasteiger partial charge in [-0.3, -0.25) is 9.80 Å². The first-order chi connectivity index (χ1) is 33.3. The number of piperidine rings is 2. The number of hydrogen-bond acceptors (Lipinski definition) is 16. The minimum Gasteiger partial charge on any atom is -0.493 e. The average molecular weight is 1040 g/mol. The largest absolute Gasteiger partial charge is 0.493 e. The van der Waals surface area contributed by atoms with Gasteiger partial charge in [-0.2, -0.15) is 8.75 Å². The van der Waals surface area contributed by atoms with E-state index in [0.29, 0.717) is 87.5 Å². The molecule has 6 heterocycles. The number of benzene rings is 4. The monoisotopic (exact) mass is 1040 g/mol. The van der Waals surface area contributed by atoms with Crippen LogP contribution in [0.15, 0.2) is 95.2 Å². The molecule has 6 aromatic rings. The highest BCUT2D eigenvalue weighted by molar-refractivity contribution is 7.91. The van der Waals surface area contributed by atoms with Gasteiger partial charge < -0.3 is 19.7 Å². The van der Waals surface area contributed by atoms with E-state index >= 15 is 8.78 Å². The minimum absolute atomic E-state index is 0.223. The molecule has 0 bridgehead atoms. The summed E-state index contributed by atoms with van der Waals surface area (Å²) in [5, 5.41) is 22.1. The molecule has 0 amide bonds. The van der Waals surface area contributed by atoms with Crippen molar-refractivity contribution in [3.8, 4) is 11.5 Å². The molecule has 4 aliphatic rings. The Hall–Kier alpha value is -4.94. The Morgan fingerprint density at radius 2 is 1.00 bits per heavy atom. The molecule has 22 heteroatoms. The maximum atomic E-state index is 15.3. The second-order valence-electron chi connectivity index (χ2n) is 18.6. The van der Waals surface area contributed by atoms with Crippen LogP contribution >= 0.6 is 23.1 Å². The fourth-order valence-corrected chi connectivity index (χ4v) is 14.3. The van der Waals surface area contributed by atoms with Gasteiger partial charge in [0.2, 0.25) is 0 Å². The molecule has 6 atom stereocenters. The van der Waals surface area contributed by atoms with E-state index in [2.05, 4.69) is 28.5 Å². The van der Waals surface area contributed by atoms with Crippen LogP contribution in [0, 0.1) is 23.3 Å². The van der Waals surface area contributed by atoms with Gasteiger partial charge in [-0.05, 0) is 110 Å². The van der Waals surface area contributed by atoms with E-state index in [1.807, 2.05) is 0 Å². The lowest BCUT2D eigenvalue weighted by molar-refractivity contribution is -0.0545. The average Bonchev–Trinajstić information content (AvgIpc) is 4.03. The van der Waals surface area contributed by atoms with Gasteiger partial charge in [0, 0.05) is 73.4 Å². The molecule has 0 aliphatic carbocycles. The maximum absolute atomic E-state index is 15.3. The first-order valence-electron chi connectivity index (χ1n) is 22.6. The molecule has 2 aromatic heterocycles. The fraction of sp³-hybridized carbons (Fsp3) is 0.417. The second kappa shape index (κ2) is 19.9. The normalized spacial score (nSPS) is 25.1. The van der Waals surface area contributed by atoms with Gasteiger partial charge in [0.15, 0.2) is 19.7 Å². The summed E-state index contributed by atoms with van der Waals surface area (Å²) in [5.74, 6) is -2.60. The molecule has 0 radical (unpaired) electrons. The summed E-state index contributed by atoms with van der Waals surface area (Å²) < 4.78 is 128. The zero-order valence-corrected chi connectivity index (χ0v) is 41.3. The highest BCUT2D eigenvalue weighted by atomic mass is 32.2. The zero-order valence-electron chi connectivity index (χ0n) is 38.0. The first kappa shape index (κ1) is 50.0. The topological polar surface area (TPSA) is 185 Å². The summed E-state index contributed by atoms with van der Waals surface area (Å²) in [4.78, 5) is 11.3. The van der Waals surface area contributed by atoms with E-state index < -0.39 is 63.8 Å². The van der Waals surface area contributed by atoms with Crippen LogP contribution in [0.5, 0.6) is 11.5 Å². The number of hydrogen-bond donors (Lipinski definition) is 2. The van der Waals surface area contributed by atoms with Crippen LogP contribution in [0.25, 0.3) is 0 Å². The van der Waals surface area contributed by atoms with E-state index in [1.54, 1.807) is 38.1 Å². The van der Waals surface area contributed by atoms with Crippen molar-refractivity contribution >= 4 is 42.7 Å². The molecule has 70 heavy (non-hydrogen) atoms. The zero-order chi connectivity index (χ0) is 49.6. The summed E-state index contributed by atoms with van der Waals surface area (Å²) in [5.41, 5.74) is 1.07. The second-order valence-corrected chi connectivity index (χ2v) is 24.3. The molecule has 10 rings (SSSR count). The number of aromatic nitrogens is 4. The molecule has 0 saturated carbocycles. The van der Waals surface area contributed by atoms with Crippen molar-refractivity contribution in [1.29, 1.82) is 0 Å². The van der Waals surface area contributed by atoms with Gasteiger partial charge in [0.05, 0.1) is 24.4 Å². The predicted molar refractivity (Wildman–Crippen MR) is 252 cm³/mol. The molecule has 4 aliphatic heterocycles. The summed E-state index contributed by atoms with van der Waals surface area (Å²) in [7, 11) is -7.98. The summed E-state index contributed by atoms with van der Waals surface area (Å²) in [6.07, 6.45) is 5.58. The van der Waals surface area contributed by atoms with Crippen molar-refractivity contribution in [2.45, 2.75) is 109 Å². The van der Waals surface area contributed by atoms with E-state index in [4.69, 9.17) is 9.47 Å². The Morgan fingerprint density at radius 3 is 1.36 bits per heavy atom. The Balaban J connectivity index is 0.000000174. The number of sulfone groups is 2. The van der Waals surface area contributed by atoms with Crippen LogP contribution in [0.3, 0.4) is 0 Å². The number of nitrogens with zero attached hydrogens (tertiary/aromatic N) is 6. The third-order valence-electron chi connectivity index (χ3n) is 13.4. The van der Waals surface area contributed by atoms with Crippen LogP contribution in [-0.2, 0) is 31.2 Å². The highest BCUT2D eigenvalue weighted by Gasteiger charge is 2.43. The van der Waals surface area contributed by atoms with Crippen molar-refractivity contribution in [2.75, 3.05) is 26.3 Å². The van der Waals surface area contributed by atoms with Crippen LogP contribution in [-0.4, -0.2) is 93.1 Å². The molecular formula is C48H50F4N6O8S4. The quantitative estimate of drug-likeness (QED) is 0.125. The van der Waals surface area contributed by atoms with E-state index in [-0.39, 0.29) is 45.8 Å². The molecule has 0 spiro atoms. The molecular weight excluding hydrogens is 993 g/mol. The summed E-state index contributed by atoms with van der Waals surface area (Å²) >= 11 is 1.91. The Morgan fingerprint density at radius 1 is 0.614 bits per heavy atom. The Kier molecular flexibility index (Phi) is 14.2. The van der Waals surface area contributed by atoms with Gasteiger partial charge in [0.1, 0.15) is 78.7 Å². The standard InChI is InChI=1S/2C24H25F2N3O4S2/c2*1-24(30)7-8-29(20(12-24)15-2-4-16(25)5-3-15)19-6-9-33-21-11-22(18(26)10-17(19)21)35(31,32)13-23-27-14-28-34-23/h2*2-5,10-11,14,19-20,30H,6-9,12-13H2,1H3/t19-,20+,24+;19-,20-,24-/m10/s1. The van der Waals surface area contributed by atoms with E-state index in [9.17, 15) is 35.8 Å². The Labute approximate surface area is 411 Å². The van der Waals surface area contributed by atoms with Gasteiger partial charge in [-0.15, -0.1) is 0 Å². The van der Waals surface area contributed by atoms with Gasteiger partial charge >= 0.3 is 0 Å². The fourth-order valence-electron chi connectivity index (χ4n) is 9.97. The van der Waals surface area contributed by atoms with E-state index in [0.717, 1.165) is 34.2 Å². The van der Waals surface area contributed by atoms with Gasteiger partial charge in [-0.1, -0.05) is 24.3 Å². The summed E-state index contributed by atoms with van der Waals surface area (Å²) in [6, 6.07) is 16.5. The lowest BCUT2D eigenvalue weighted by atomic mass is 9.82. The number of halogens is 4. The highest BCUT2D eigenvalue weighted by Crippen LogP contribution is 2.49. The van der Waals surface area contributed by atoms with Crippen molar-refractivity contribution in [1.82, 2.24) is 28.5 Å². The van der Waals surface area contributed by atoms with Gasteiger partial charge in [0.25, 0.3) is 0 Å². The smallest absolute Gasteiger partial charge is 0.187 e. The van der Waals surface area contributed by atoms with Crippen molar-refractivity contribution in [3.05, 3.63) is 141 Å². The number of fused-ring (bicyclic) bond motifs is 2. The van der Waals surface area contributed by atoms with Crippen LogP contribution in [0.4, 0.5) is 17.6 Å². The molecule has 2 saturated heterocycles. The molecule has 0 unspecified atom stereocenters. The van der Waals surface area contributed by atoms with Crippen molar-refractivity contribution < 1.29 is 54.1 Å². The lowest BCUT2D eigenvalue weighted by Crippen LogP contribution is -2.47. The molecule has 4 aromatic carbocycles. The number of aliphatic hydroxyl groups is 2. The van der Waals surface area contributed by atoms with Crippen LogP contribution < -0.4 is 9.47 Å². The SMILES string of the molecule is C[C@]1(O)CCN([C@@H]2CCOc3cc(S(=O)(=O)Cc4ncns4)c(F)cc32)[C@H](c2ccc(F)cc2)C1.C[C@]1(O)CCN([C@H]2CCOc3cc(S(=O)(=O)Cc4ncns4)c(F)cc32)[C@H](c2ccc(F)cc2)C1. The molecule has 2 fully saturated rings. The number of rotatable bonds is 10. The molecule has 2 N–H and O–H groups in total. The van der Waals surface area contributed by atoms with Crippen LogP contribution in [0.1, 0.15) is 109 Å². The third-order valence-corrected chi connectivity index (χ3v) is 18.4.